The molecule has 2 aliphatic rings. The first-order valence-corrected chi connectivity index (χ1v) is 14.0. The largest absolute Gasteiger partial charge is 0.477 e. The van der Waals surface area contributed by atoms with Crippen LogP contribution in [-0.4, -0.2) is 81.9 Å². The second-order valence-electron chi connectivity index (χ2n) is 10.9. The number of anilines is 1. The fraction of sp³-hybridized carbons (Fsp3) is 0.333. The monoisotopic (exact) mass is 590 g/mol. The van der Waals surface area contributed by atoms with Crippen LogP contribution in [0, 0.1) is 5.82 Å². The lowest BCUT2D eigenvalue weighted by Gasteiger charge is -2.39. The summed E-state index contributed by atoms with van der Waals surface area (Å²) < 4.78 is 31.7. The molecular weight excluding hydrogens is 558 g/mol. The van der Waals surface area contributed by atoms with E-state index in [0.717, 1.165) is 31.9 Å². The number of carboxylic acid groups (broad SMARTS) is 1. The van der Waals surface area contributed by atoms with Crippen LogP contribution in [0.25, 0.3) is 38.9 Å². The molecule has 0 aromatic carbocycles. The van der Waals surface area contributed by atoms with Crippen molar-refractivity contribution in [2.45, 2.75) is 31.3 Å². The molecule has 224 valence electrons. The van der Waals surface area contributed by atoms with Crippen molar-refractivity contribution in [2.75, 3.05) is 44.6 Å². The van der Waals surface area contributed by atoms with Crippen molar-refractivity contribution in [3.63, 3.8) is 0 Å². The molecule has 0 aliphatic carbocycles. The quantitative estimate of drug-likeness (QED) is 0.238. The van der Waals surface area contributed by atoms with Crippen LogP contribution >= 0.6 is 0 Å². The summed E-state index contributed by atoms with van der Waals surface area (Å²) in [5.41, 5.74) is 4.10. The second kappa shape index (κ2) is 10.8. The number of likely N-dealkylation sites (tertiary alicyclic amines) is 1. The summed E-state index contributed by atoms with van der Waals surface area (Å²) in [7, 11) is 5.25. The summed E-state index contributed by atoms with van der Waals surface area (Å²) in [4.78, 5) is 41.7. The van der Waals surface area contributed by atoms with Gasteiger partial charge in [-0.05, 0) is 45.0 Å². The van der Waals surface area contributed by atoms with Crippen LogP contribution in [0.5, 0.6) is 0 Å². The number of likely N-dealkylation sites (N-methyl/N-ethyl adjacent to an activating group) is 1. The second-order valence-corrected chi connectivity index (χ2v) is 10.9. The smallest absolute Gasteiger partial charge is 0.341 e. The molecule has 4 N–H and O–H groups in total. The fourth-order valence-electron chi connectivity index (χ4n) is 6.60. The van der Waals surface area contributed by atoms with E-state index in [1.165, 1.54) is 10.9 Å². The third kappa shape index (κ3) is 4.60. The van der Waals surface area contributed by atoms with Gasteiger partial charge in [0.05, 0.1) is 22.2 Å². The number of hydrogen-bond acceptors (Lipinski definition) is 8. The zero-order valence-corrected chi connectivity index (χ0v) is 24.0. The van der Waals surface area contributed by atoms with E-state index in [-0.39, 0.29) is 45.5 Å². The highest BCUT2D eigenvalue weighted by Crippen LogP contribution is 2.44. The van der Waals surface area contributed by atoms with Gasteiger partial charge in [-0.3, -0.25) is 4.79 Å². The molecular formula is C30H32F2N8O3. The SMILES string of the molecule is C=C(F)/C=C(/NC)c1[nH]c2ncc(-c3cnc4c(c3)c(=O)c(C(=O)O)cn4NC)c(N3CCC4C3CCCN4C)c2c1F. The minimum Gasteiger partial charge on any atom is -0.477 e. The number of hydrogen-bond donors (Lipinski definition) is 4. The minimum atomic E-state index is -1.36. The number of carbonyl (C=O) groups is 1. The fourth-order valence-corrected chi connectivity index (χ4v) is 6.60. The van der Waals surface area contributed by atoms with Crippen molar-refractivity contribution in [1.29, 1.82) is 0 Å². The number of allylic oxidation sites excluding steroid dienone is 2. The van der Waals surface area contributed by atoms with Crippen LogP contribution in [0.15, 0.2) is 47.9 Å². The Morgan fingerprint density at radius 3 is 2.70 bits per heavy atom. The van der Waals surface area contributed by atoms with E-state index in [9.17, 15) is 19.1 Å². The molecule has 2 atom stereocenters. The van der Waals surface area contributed by atoms with Crippen LogP contribution in [-0.2, 0) is 0 Å². The molecule has 0 bridgehead atoms. The number of rotatable bonds is 7. The Morgan fingerprint density at radius 2 is 2.00 bits per heavy atom. The molecule has 2 unspecified atom stereocenters. The maximum absolute atomic E-state index is 16.5. The van der Waals surface area contributed by atoms with E-state index >= 15 is 4.39 Å². The van der Waals surface area contributed by atoms with Crippen molar-refractivity contribution in [3.05, 3.63) is 70.4 Å². The summed E-state index contributed by atoms with van der Waals surface area (Å²) in [6.07, 6.45) is 8.27. The standard InChI is InChI=1S/C30H32F2N8O3/c1-15(31)10-20(33-2)25-24(32)23-26(39-9-7-21-22(39)6-5-8-38(21)4)18(13-35-28(23)37-25)16-11-17-27(41)19(30(42)43)14-40(34-3)29(17)36-12-16/h10-14,21-22,33-34H,1,5-9H2,2-4H3,(H,35,37)(H,42,43)/b20-10+. The van der Waals surface area contributed by atoms with E-state index in [1.807, 2.05) is 0 Å². The van der Waals surface area contributed by atoms with Gasteiger partial charge >= 0.3 is 5.97 Å². The molecule has 2 aliphatic heterocycles. The van der Waals surface area contributed by atoms with E-state index < -0.39 is 28.6 Å². The third-order valence-corrected chi connectivity index (χ3v) is 8.57. The number of aromatic amines is 1. The molecule has 4 aromatic rings. The number of halogens is 2. The van der Waals surface area contributed by atoms with Gasteiger partial charge in [-0.25, -0.2) is 28.2 Å². The van der Waals surface area contributed by atoms with E-state index in [1.54, 1.807) is 32.6 Å². The number of fused-ring (bicyclic) bond motifs is 3. The molecule has 0 saturated carbocycles. The van der Waals surface area contributed by atoms with Crippen LogP contribution in [0.4, 0.5) is 14.5 Å². The molecule has 0 amide bonds. The Hall–Kier alpha value is -4.78. The molecule has 0 radical (unpaired) electrons. The molecule has 0 spiro atoms. The van der Waals surface area contributed by atoms with Gasteiger partial charge in [-0.15, -0.1) is 0 Å². The number of aromatic nitrogens is 4. The maximum atomic E-state index is 16.5. The number of aromatic carboxylic acids is 1. The molecule has 13 heteroatoms. The lowest BCUT2D eigenvalue weighted by Crippen LogP contribution is -2.48. The molecule has 2 fully saturated rings. The van der Waals surface area contributed by atoms with Crippen molar-refractivity contribution < 1.29 is 18.7 Å². The van der Waals surface area contributed by atoms with Crippen LogP contribution < -0.4 is 21.1 Å². The summed E-state index contributed by atoms with van der Waals surface area (Å²) in [5, 5.41) is 12.8. The van der Waals surface area contributed by atoms with Crippen LogP contribution in [0.3, 0.4) is 0 Å². The predicted molar refractivity (Wildman–Crippen MR) is 162 cm³/mol. The van der Waals surface area contributed by atoms with Gasteiger partial charge < -0.3 is 30.6 Å². The lowest BCUT2D eigenvalue weighted by molar-refractivity contribution is 0.0695. The Bertz CT molecular complexity index is 1880. The molecule has 4 aromatic heterocycles. The molecule has 6 rings (SSSR count). The van der Waals surface area contributed by atoms with Gasteiger partial charge in [0, 0.05) is 62.4 Å². The summed E-state index contributed by atoms with van der Waals surface area (Å²) in [6.45, 7) is 4.93. The van der Waals surface area contributed by atoms with Gasteiger partial charge in [0.1, 0.15) is 22.7 Å². The number of H-pyrrole nitrogens is 1. The lowest BCUT2D eigenvalue weighted by atomic mass is 9.96. The highest BCUT2D eigenvalue weighted by Gasteiger charge is 2.41. The Balaban J connectivity index is 1.64. The first-order valence-electron chi connectivity index (χ1n) is 14.0. The van der Waals surface area contributed by atoms with E-state index in [2.05, 4.69) is 49.1 Å². The average molecular weight is 591 g/mol. The first kappa shape index (κ1) is 28.3. The van der Waals surface area contributed by atoms with Crippen LogP contribution in [0.2, 0.25) is 0 Å². The normalized spacial score (nSPS) is 19.2. The van der Waals surface area contributed by atoms with Crippen molar-refractivity contribution in [2.24, 2.45) is 0 Å². The molecule has 11 nitrogen and oxygen atoms in total. The average Bonchev–Trinajstić information content (AvgIpc) is 3.57. The van der Waals surface area contributed by atoms with E-state index in [0.29, 0.717) is 23.4 Å². The number of piperidine rings is 1. The van der Waals surface area contributed by atoms with Crippen LogP contribution in [0.1, 0.15) is 35.3 Å². The molecule has 2 saturated heterocycles. The zero-order valence-electron chi connectivity index (χ0n) is 24.0. The highest BCUT2D eigenvalue weighted by atomic mass is 19.1. The Labute approximate surface area is 245 Å². The van der Waals surface area contributed by atoms with Gasteiger partial charge in [-0.1, -0.05) is 6.58 Å². The first-order chi connectivity index (χ1) is 20.6. The molecule has 43 heavy (non-hydrogen) atoms. The van der Waals surface area contributed by atoms with Crippen molar-refractivity contribution in [1.82, 2.24) is 29.8 Å². The topological polar surface area (TPSA) is 131 Å². The Morgan fingerprint density at radius 1 is 1.21 bits per heavy atom. The third-order valence-electron chi connectivity index (χ3n) is 8.57. The van der Waals surface area contributed by atoms with Gasteiger partial charge in [0.2, 0.25) is 5.43 Å². The van der Waals surface area contributed by atoms with E-state index in [4.69, 9.17) is 0 Å². The van der Waals surface area contributed by atoms with Crippen molar-refractivity contribution in [3.8, 4) is 11.1 Å². The number of pyridine rings is 3. The maximum Gasteiger partial charge on any atom is 0.341 e. The zero-order chi connectivity index (χ0) is 30.6. The van der Waals surface area contributed by atoms with Crippen molar-refractivity contribution >= 4 is 39.4 Å². The van der Waals surface area contributed by atoms with Gasteiger partial charge in [-0.2, -0.15) is 0 Å². The Kier molecular flexibility index (Phi) is 7.12. The number of nitrogens with zero attached hydrogens (tertiary/aromatic N) is 5. The highest BCUT2D eigenvalue weighted by molar-refractivity contribution is 6.02. The predicted octanol–water partition coefficient (Wildman–Crippen LogP) is 3.67. The summed E-state index contributed by atoms with van der Waals surface area (Å²) >= 11 is 0. The number of carboxylic acids is 1. The summed E-state index contributed by atoms with van der Waals surface area (Å²) in [6, 6.07) is 1.97. The van der Waals surface area contributed by atoms with Gasteiger partial charge in [0.25, 0.3) is 0 Å². The molecule has 6 heterocycles. The number of nitrogens with one attached hydrogen (secondary N) is 3. The minimum absolute atomic E-state index is 0.0401. The summed E-state index contributed by atoms with van der Waals surface area (Å²) in [5.74, 6) is -2.70. The van der Waals surface area contributed by atoms with Gasteiger partial charge in [0.15, 0.2) is 11.5 Å².